The maximum absolute atomic E-state index is 5.81. The highest BCUT2D eigenvalue weighted by molar-refractivity contribution is 4.81. The van der Waals surface area contributed by atoms with Gasteiger partial charge in [0.1, 0.15) is 0 Å². The van der Waals surface area contributed by atoms with Gasteiger partial charge in [0, 0.05) is 12.6 Å². The van der Waals surface area contributed by atoms with Gasteiger partial charge in [-0.05, 0) is 62.9 Å². The molecule has 0 radical (unpaired) electrons. The minimum Gasteiger partial charge on any atom is -0.328 e. The van der Waals surface area contributed by atoms with Crippen molar-refractivity contribution < 1.29 is 0 Å². The van der Waals surface area contributed by atoms with Crippen molar-refractivity contribution >= 4 is 0 Å². The number of nitrogens with zero attached hydrogens (tertiary/aromatic N) is 1. The Morgan fingerprint density at radius 3 is 2.16 bits per heavy atom. The summed E-state index contributed by atoms with van der Waals surface area (Å²) in [6.45, 7) is 15.6. The number of piperidine rings is 1. The lowest BCUT2D eigenvalue weighted by Crippen LogP contribution is -2.39. The zero-order chi connectivity index (χ0) is 14.5. The van der Waals surface area contributed by atoms with Gasteiger partial charge in [0.2, 0.25) is 0 Å². The number of rotatable bonds is 6. The largest absolute Gasteiger partial charge is 0.328 e. The fraction of sp³-hybridized carbons (Fsp3) is 1.00. The smallest absolute Gasteiger partial charge is 0.00104 e. The highest BCUT2D eigenvalue weighted by Gasteiger charge is 2.28. The van der Waals surface area contributed by atoms with Crippen LogP contribution in [-0.4, -0.2) is 30.6 Å². The molecule has 0 aliphatic carbocycles. The predicted molar refractivity (Wildman–Crippen MR) is 85.3 cm³/mol. The van der Waals surface area contributed by atoms with Gasteiger partial charge in [0.25, 0.3) is 0 Å². The van der Waals surface area contributed by atoms with Gasteiger partial charge in [-0.1, -0.05) is 34.1 Å². The highest BCUT2D eigenvalue weighted by atomic mass is 15.1. The minimum atomic E-state index is 0.370. The van der Waals surface area contributed by atoms with Crippen LogP contribution in [0.25, 0.3) is 0 Å². The molecule has 114 valence electrons. The van der Waals surface area contributed by atoms with Gasteiger partial charge in [-0.3, -0.25) is 0 Å². The van der Waals surface area contributed by atoms with Crippen LogP contribution in [0.3, 0.4) is 0 Å². The normalized spacial score (nSPS) is 22.4. The van der Waals surface area contributed by atoms with Crippen molar-refractivity contribution in [2.24, 2.45) is 23.0 Å². The quantitative estimate of drug-likeness (QED) is 0.791. The molecular formula is C17H36N2. The summed E-state index contributed by atoms with van der Waals surface area (Å²) in [6.07, 6.45) is 6.57. The van der Waals surface area contributed by atoms with E-state index in [9.17, 15) is 0 Å². The Labute approximate surface area is 121 Å². The van der Waals surface area contributed by atoms with E-state index in [1.165, 1.54) is 51.7 Å². The summed E-state index contributed by atoms with van der Waals surface area (Å²) >= 11 is 0. The average molecular weight is 268 g/mol. The molecule has 1 rings (SSSR count). The molecule has 1 saturated heterocycles. The van der Waals surface area contributed by atoms with Gasteiger partial charge in [0.15, 0.2) is 0 Å². The van der Waals surface area contributed by atoms with Crippen LogP contribution in [0.2, 0.25) is 0 Å². The number of hydrogen-bond donors (Lipinski definition) is 1. The van der Waals surface area contributed by atoms with E-state index in [2.05, 4.69) is 39.5 Å². The Morgan fingerprint density at radius 2 is 1.68 bits per heavy atom. The van der Waals surface area contributed by atoms with Crippen molar-refractivity contribution in [1.29, 1.82) is 0 Å². The topological polar surface area (TPSA) is 29.3 Å². The van der Waals surface area contributed by atoms with Gasteiger partial charge in [-0.25, -0.2) is 0 Å². The van der Waals surface area contributed by atoms with E-state index in [4.69, 9.17) is 5.73 Å². The summed E-state index contributed by atoms with van der Waals surface area (Å²) in [5.41, 5.74) is 6.30. The Hall–Kier alpha value is -0.0800. The fourth-order valence-corrected chi connectivity index (χ4v) is 3.30. The van der Waals surface area contributed by atoms with Crippen LogP contribution in [0.4, 0.5) is 0 Å². The fourth-order valence-electron chi connectivity index (χ4n) is 3.30. The second-order valence-corrected chi connectivity index (χ2v) is 7.95. The van der Waals surface area contributed by atoms with E-state index in [0.29, 0.717) is 11.5 Å². The lowest BCUT2D eigenvalue weighted by atomic mass is 9.75. The van der Waals surface area contributed by atoms with Gasteiger partial charge >= 0.3 is 0 Å². The molecule has 2 N–H and O–H groups in total. The standard InChI is InChI=1S/C17H36N2/c1-14(7-6-8-15(2)18)13-19-11-9-16(10-12-19)17(3,4)5/h14-16H,6-13,18H2,1-5H3. The molecule has 0 bridgehead atoms. The molecule has 2 atom stereocenters. The van der Waals surface area contributed by atoms with Crippen LogP contribution in [0.5, 0.6) is 0 Å². The third kappa shape index (κ3) is 6.76. The zero-order valence-electron chi connectivity index (χ0n) is 13.9. The van der Waals surface area contributed by atoms with Crippen molar-refractivity contribution in [3.63, 3.8) is 0 Å². The van der Waals surface area contributed by atoms with Crippen LogP contribution < -0.4 is 5.73 Å². The molecular weight excluding hydrogens is 232 g/mol. The van der Waals surface area contributed by atoms with Gasteiger partial charge in [-0.15, -0.1) is 0 Å². The van der Waals surface area contributed by atoms with Gasteiger partial charge in [0.05, 0.1) is 0 Å². The predicted octanol–water partition coefficient (Wildman–Crippen LogP) is 3.90. The summed E-state index contributed by atoms with van der Waals surface area (Å²) in [6, 6.07) is 0.370. The van der Waals surface area contributed by atoms with Crippen LogP contribution in [-0.2, 0) is 0 Å². The van der Waals surface area contributed by atoms with E-state index in [-0.39, 0.29) is 0 Å². The third-order valence-corrected chi connectivity index (χ3v) is 4.74. The van der Waals surface area contributed by atoms with Crippen molar-refractivity contribution in [2.75, 3.05) is 19.6 Å². The van der Waals surface area contributed by atoms with Crippen molar-refractivity contribution in [3.05, 3.63) is 0 Å². The molecule has 19 heavy (non-hydrogen) atoms. The van der Waals surface area contributed by atoms with Gasteiger partial charge in [-0.2, -0.15) is 0 Å². The molecule has 2 heteroatoms. The molecule has 2 unspecified atom stereocenters. The molecule has 1 aliphatic rings. The summed E-state index contributed by atoms with van der Waals surface area (Å²) in [4.78, 5) is 2.68. The molecule has 0 amide bonds. The molecule has 0 aromatic heterocycles. The van der Waals surface area contributed by atoms with Crippen LogP contribution in [0.15, 0.2) is 0 Å². The second-order valence-electron chi connectivity index (χ2n) is 7.95. The van der Waals surface area contributed by atoms with Crippen LogP contribution >= 0.6 is 0 Å². The first kappa shape index (κ1) is 17.0. The third-order valence-electron chi connectivity index (χ3n) is 4.74. The second kappa shape index (κ2) is 7.64. The molecule has 1 aliphatic heterocycles. The number of hydrogen-bond acceptors (Lipinski definition) is 2. The monoisotopic (exact) mass is 268 g/mol. The Morgan fingerprint density at radius 1 is 1.11 bits per heavy atom. The van der Waals surface area contributed by atoms with Gasteiger partial charge < -0.3 is 10.6 Å². The van der Waals surface area contributed by atoms with E-state index < -0.39 is 0 Å². The lowest BCUT2D eigenvalue weighted by Gasteiger charge is -2.39. The summed E-state index contributed by atoms with van der Waals surface area (Å²) in [7, 11) is 0. The van der Waals surface area contributed by atoms with Crippen LogP contribution in [0, 0.1) is 17.3 Å². The zero-order valence-corrected chi connectivity index (χ0v) is 13.9. The average Bonchev–Trinajstić information content (AvgIpc) is 2.27. The number of nitrogens with two attached hydrogens (primary N) is 1. The first-order valence-electron chi connectivity index (χ1n) is 8.27. The molecule has 2 nitrogen and oxygen atoms in total. The van der Waals surface area contributed by atoms with E-state index in [0.717, 1.165) is 11.8 Å². The number of likely N-dealkylation sites (tertiary alicyclic amines) is 1. The first-order valence-corrected chi connectivity index (χ1v) is 8.27. The Kier molecular flexibility index (Phi) is 6.82. The summed E-state index contributed by atoms with van der Waals surface area (Å²) in [5, 5.41) is 0. The Balaban J connectivity index is 2.18. The summed E-state index contributed by atoms with van der Waals surface area (Å²) < 4.78 is 0. The summed E-state index contributed by atoms with van der Waals surface area (Å²) in [5.74, 6) is 1.74. The van der Waals surface area contributed by atoms with Crippen molar-refractivity contribution in [2.45, 2.75) is 72.8 Å². The van der Waals surface area contributed by atoms with E-state index in [1.54, 1.807) is 0 Å². The Bertz CT molecular complexity index is 234. The molecule has 0 aromatic carbocycles. The first-order chi connectivity index (χ1) is 8.79. The molecule has 0 saturated carbocycles. The maximum atomic E-state index is 5.81. The van der Waals surface area contributed by atoms with Crippen molar-refractivity contribution in [1.82, 2.24) is 4.90 Å². The minimum absolute atomic E-state index is 0.370. The molecule has 1 fully saturated rings. The maximum Gasteiger partial charge on any atom is 0.00104 e. The molecule has 0 aromatic rings. The van der Waals surface area contributed by atoms with Crippen LogP contribution in [0.1, 0.15) is 66.7 Å². The lowest BCUT2D eigenvalue weighted by molar-refractivity contribution is 0.101. The molecule has 0 spiro atoms. The SMILES string of the molecule is CC(N)CCCC(C)CN1CCC(C(C)(C)C)CC1. The van der Waals surface area contributed by atoms with E-state index in [1.807, 2.05) is 0 Å². The highest BCUT2D eigenvalue weighted by Crippen LogP contribution is 2.34. The molecule has 1 heterocycles. The van der Waals surface area contributed by atoms with Crippen molar-refractivity contribution in [3.8, 4) is 0 Å². The van der Waals surface area contributed by atoms with E-state index >= 15 is 0 Å².